The number of hydrogen-bond acceptors (Lipinski definition) is 9. The maximum Gasteiger partial charge on any atom is 0.335 e. The average Bonchev–Trinajstić information content (AvgIpc) is 3.36. The summed E-state index contributed by atoms with van der Waals surface area (Å²) in [6.07, 6.45) is -7.65. The number of aliphatic hydroxyl groups is 3. The van der Waals surface area contributed by atoms with Gasteiger partial charge in [-0.1, -0.05) is 18.2 Å². The summed E-state index contributed by atoms with van der Waals surface area (Å²) in [5.74, 6) is -0.464. The first-order valence-electron chi connectivity index (χ1n) is 10.9. The van der Waals surface area contributed by atoms with Crippen molar-refractivity contribution in [3.05, 3.63) is 58.8 Å². The van der Waals surface area contributed by atoms with Gasteiger partial charge in [-0.2, -0.15) is 0 Å². The Morgan fingerprint density at radius 2 is 1.94 bits per heavy atom. The summed E-state index contributed by atoms with van der Waals surface area (Å²) in [7, 11) is 1.90. The SMILES string of the molecule is CNCC[C@H](Oc1cccc2cc(O[C@@H]3O[C@H](C(=O)O)[C@@H](O)[C@H](O)[C@H]3O)ccc12)c1cccs1. The number of carbonyl (C=O) groups is 1. The highest BCUT2D eigenvalue weighted by Gasteiger charge is 2.48. The molecule has 0 aliphatic carbocycles. The molecule has 1 aromatic heterocycles. The van der Waals surface area contributed by atoms with Gasteiger partial charge in [0.15, 0.2) is 6.10 Å². The van der Waals surface area contributed by atoms with Gasteiger partial charge in [-0.05, 0) is 54.7 Å². The maximum absolute atomic E-state index is 11.3. The van der Waals surface area contributed by atoms with Gasteiger partial charge in [-0.3, -0.25) is 0 Å². The van der Waals surface area contributed by atoms with E-state index in [0.717, 1.165) is 28.6 Å². The number of hydrogen-bond donors (Lipinski definition) is 5. The predicted octanol–water partition coefficient (Wildman–Crippen LogP) is 1.90. The molecule has 1 saturated heterocycles. The van der Waals surface area contributed by atoms with Crippen molar-refractivity contribution in [3.8, 4) is 11.5 Å². The molecule has 0 amide bonds. The van der Waals surface area contributed by atoms with E-state index in [4.69, 9.17) is 14.2 Å². The largest absolute Gasteiger partial charge is 0.484 e. The fourth-order valence-electron chi connectivity index (χ4n) is 3.85. The quantitative estimate of drug-likeness (QED) is 0.305. The Balaban J connectivity index is 1.55. The molecule has 0 bridgehead atoms. The van der Waals surface area contributed by atoms with E-state index in [1.165, 1.54) is 0 Å². The lowest BCUT2D eigenvalue weighted by molar-refractivity contribution is -0.271. The van der Waals surface area contributed by atoms with Crippen molar-refractivity contribution in [2.75, 3.05) is 13.6 Å². The zero-order valence-electron chi connectivity index (χ0n) is 18.4. The molecule has 10 heteroatoms. The van der Waals surface area contributed by atoms with E-state index in [2.05, 4.69) is 5.32 Å². The third-order valence-electron chi connectivity index (χ3n) is 5.66. The lowest BCUT2D eigenvalue weighted by atomic mass is 9.99. The first-order chi connectivity index (χ1) is 16.4. The second kappa shape index (κ2) is 10.7. The van der Waals surface area contributed by atoms with Gasteiger partial charge in [0.2, 0.25) is 6.29 Å². The number of aliphatic carboxylic acids is 1. The molecule has 6 atom stereocenters. The van der Waals surface area contributed by atoms with Crippen LogP contribution in [-0.2, 0) is 9.53 Å². The Labute approximate surface area is 200 Å². The van der Waals surface area contributed by atoms with E-state index in [1.54, 1.807) is 29.5 Å². The van der Waals surface area contributed by atoms with Crippen molar-refractivity contribution >= 4 is 28.1 Å². The zero-order valence-corrected chi connectivity index (χ0v) is 19.2. The van der Waals surface area contributed by atoms with Crippen LogP contribution in [0.4, 0.5) is 0 Å². The van der Waals surface area contributed by atoms with E-state index in [0.29, 0.717) is 11.5 Å². The van der Waals surface area contributed by atoms with E-state index < -0.39 is 36.7 Å². The third-order valence-corrected chi connectivity index (χ3v) is 6.63. The minimum absolute atomic E-state index is 0.111. The van der Waals surface area contributed by atoms with E-state index in [9.17, 15) is 25.2 Å². The third kappa shape index (κ3) is 5.17. The highest BCUT2D eigenvalue weighted by Crippen LogP contribution is 2.35. The van der Waals surface area contributed by atoms with Crippen molar-refractivity contribution < 1.29 is 39.4 Å². The van der Waals surface area contributed by atoms with Crippen LogP contribution in [-0.4, -0.2) is 70.7 Å². The van der Waals surface area contributed by atoms with Gasteiger partial charge < -0.3 is 40.0 Å². The van der Waals surface area contributed by atoms with Gasteiger partial charge in [0.1, 0.15) is 35.9 Å². The summed E-state index contributed by atoms with van der Waals surface area (Å²) < 4.78 is 17.2. The number of carboxylic acids is 1. The molecule has 9 nitrogen and oxygen atoms in total. The van der Waals surface area contributed by atoms with Gasteiger partial charge in [0.05, 0.1) is 0 Å². The van der Waals surface area contributed by atoms with Gasteiger partial charge >= 0.3 is 5.97 Å². The van der Waals surface area contributed by atoms with Crippen molar-refractivity contribution in [2.45, 2.75) is 43.2 Å². The molecule has 0 unspecified atom stereocenters. The number of ether oxygens (including phenoxy) is 3. The van der Waals surface area contributed by atoms with Crippen molar-refractivity contribution in [1.29, 1.82) is 0 Å². The Morgan fingerprint density at radius 3 is 2.65 bits per heavy atom. The molecule has 0 saturated carbocycles. The molecule has 1 fully saturated rings. The molecular formula is C24H27NO8S. The van der Waals surface area contributed by atoms with Crippen molar-refractivity contribution in [1.82, 2.24) is 5.32 Å². The van der Waals surface area contributed by atoms with Crippen LogP contribution in [0.25, 0.3) is 10.8 Å². The van der Waals surface area contributed by atoms with E-state index >= 15 is 0 Å². The van der Waals surface area contributed by atoms with Crippen molar-refractivity contribution in [3.63, 3.8) is 0 Å². The highest BCUT2D eigenvalue weighted by molar-refractivity contribution is 7.10. The smallest absolute Gasteiger partial charge is 0.335 e. The lowest BCUT2D eigenvalue weighted by Gasteiger charge is -2.38. The van der Waals surface area contributed by atoms with E-state index in [-0.39, 0.29) is 6.10 Å². The molecule has 0 radical (unpaired) electrons. The summed E-state index contributed by atoms with van der Waals surface area (Å²) >= 11 is 1.64. The van der Waals surface area contributed by atoms with Crippen LogP contribution in [0, 0.1) is 0 Å². The minimum Gasteiger partial charge on any atom is -0.484 e. The number of aliphatic hydroxyl groups excluding tert-OH is 3. The topological polar surface area (TPSA) is 138 Å². The first-order valence-corrected chi connectivity index (χ1v) is 11.7. The van der Waals surface area contributed by atoms with Crippen LogP contribution in [0.2, 0.25) is 0 Å². The Morgan fingerprint density at radius 1 is 1.12 bits per heavy atom. The zero-order chi connectivity index (χ0) is 24.2. The number of carboxylic acid groups (broad SMARTS) is 1. The summed E-state index contributed by atoms with van der Waals surface area (Å²) in [5, 5.41) is 46.1. The molecule has 5 N–H and O–H groups in total. The molecule has 4 rings (SSSR count). The molecule has 2 heterocycles. The van der Waals surface area contributed by atoms with Gasteiger partial charge in [0, 0.05) is 16.7 Å². The average molecular weight is 490 g/mol. The number of rotatable bonds is 9. The number of fused-ring (bicyclic) bond motifs is 1. The molecular weight excluding hydrogens is 462 g/mol. The van der Waals surface area contributed by atoms with Crippen LogP contribution in [0.3, 0.4) is 0 Å². The summed E-state index contributed by atoms with van der Waals surface area (Å²) in [6, 6.07) is 14.8. The van der Waals surface area contributed by atoms with Crippen LogP contribution >= 0.6 is 11.3 Å². The maximum atomic E-state index is 11.3. The minimum atomic E-state index is -1.78. The Kier molecular flexibility index (Phi) is 7.67. The number of nitrogens with one attached hydrogen (secondary N) is 1. The molecule has 1 aliphatic rings. The van der Waals surface area contributed by atoms with Crippen LogP contribution in [0.5, 0.6) is 11.5 Å². The number of benzene rings is 2. The first kappa shape index (κ1) is 24.4. The van der Waals surface area contributed by atoms with Crippen LogP contribution in [0.1, 0.15) is 17.4 Å². The molecule has 34 heavy (non-hydrogen) atoms. The van der Waals surface area contributed by atoms with Gasteiger partial charge in [0.25, 0.3) is 0 Å². The summed E-state index contributed by atoms with van der Waals surface area (Å²) in [5.41, 5.74) is 0. The molecule has 2 aromatic carbocycles. The molecule has 3 aromatic rings. The van der Waals surface area contributed by atoms with Crippen LogP contribution < -0.4 is 14.8 Å². The molecule has 182 valence electrons. The summed E-state index contributed by atoms with van der Waals surface area (Å²) in [4.78, 5) is 12.4. The second-order valence-corrected chi connectivity index (χ2v) is 8.99. The predicted molar refractivity (Wildman–Crippen MR) is 125 cm³/mol. The summed E-state index contributed by atoms with van der Waals surface area (Å²) in [6.45, 7) is 0.799. The molecule has 1 aliphatic heterocycles. The fourth-order valence-corrected chi connectivity index (χ4v) is 4.64. The van der Waals surface area contributed by atoms with Gasteiger partial charge in [-0.15, -0.1) is 11.3 Å². The van der Waals surface area contributed by atoms with Gasteiger partial charge in [-0.25, -0.2) is 4.79 Å². The number of thiophene rings is 1. The Hall–Kier alpha value is -2.73. The van der Waals surface area contributed by atoms with E-state index in [1.807, 2.05) is 42.8 Å². The molecule has 0 spiro atoms. The van der Waals surface area contributed by atoms with Crippen molar-refractivity contribution in [2.24, 2.45) is 0 Å². The standard InChI is InChI=1S/C24H27NO8S/c1-25-10-9-17(18-6-3-11-34-18)32-16-5-2-4-13-12-14(7-8-15(13)16)31-24-21(28)19(26)20(27)22(33-24)23(29)30/h2-8,11-12,17,19-22,24-28H,9-10H2,1H3,(H,29,30)/t17-,19-,20-,21+,22-,24+/m0/s1. The second-order valence-electron chi connectivity index (χ2n) is 8.01. The fraction of sp³-hybridized carbons (Fsp3) is 0.375. The monoisotopic (exact) mass is 489 g/mol. The normalized spacial score (nSPS) is 25.7. The Bertz CT molecular complexity index is 1110. The highest BCUT2D eigenvalue weighted by atomic mass is 32.1. The van der Waals surface area contributed by atoms with Crippen LogP contribution in [0.15, 0.2) is 53.9 Å². The lowest BCUT2D eigenvalue weighted by Crippen LogP contribution is -2.61.